The molecule has 0 bridgehead atoms. The summed E-state index contributed by atoms with van der Waals surface area (Å²) in [5.41, 5.74) is 3.03. The van der Waals surface area contributed by atoms with Crippen molar-refractivity contribution in [3.8, 4) is 5.75 Å². The van der Waals surface area contributed by atoms with Crippen molar-refractivity contribution in [1.29, 1.82) is 0 Å². The molecule has 0 fully saturated rings. The molecule has 1 amide bonds. The van der Waals surface area contributed by atoms with Crippen LogP contribution < -0.4 is 10.2 Å². The smallest absolute Gasteiger partial charge is 0.291 e. The minimum Gasteiger partial charge on any atom is -0.497 e. The quantitative estimate of drug-likeness (QED) is 0.310. The fourth-order valence-electron chi connectivity index (χ4n) is 4.36. The summed E-state index contributed by atoms with van der Waals surface area (Å²) in [5.74, 6) is 0.516. The van der Waals surface area contributed by atoms with Crippen LogP contribution in [-0.2, 0) is 6.54 Å². The summed E-state index contributed by atoms with van der Waals surface area (Å²) in [6.07, 6.45) is 2.01. The molecule has 1 aliphatic rings. The van der Waals surface area contributed by atoms with Crippen molar-refractivity contribution < 1.29 is 13.9 Å². The Bertz CT molecular complexity index is 1460. The Morgan fingerprint density at radius 2 is 1.76 bits per heavy atom. The number of hydrogen-bond donors (Lipinski definition) is 0. The molecule has 0 N–H and O–H groups in total. The molecule has 1 aliphatic heterocycles. The summed E-state index contributed by atoms with van der Waals surface area (Å²) < 4.78 is 11.3. The first-order chi connectivity index (χ1) is 16.4. The molecule has 34 heavy (non-hydrogen) atoms. The minimum atomic E-state index is -0.568. The third kappa shape index (κ3) is 3.77. The molecule has 5 rings (SSSR count). The Kier molecular flexibility index (Phi) is 5.88. The zero-order valence-corrected chi connectivity index (χ0v) is 20.5. The van der Waals surface area contributed by atoms with E-state index in [0.717, 1.165) is 27.3 Å². The maximum Gasteiger partial charge on any atom is 0.291 e. The van der Waals surface area contributed by atoms with Crippen LogP contribution in [0.1, 0.15) is 38.9 Å². The van der Waals surface area contributed by atoms with E-state index in [1.165, 1.54) is 0 Å². The molecule has 0 aliphatic carbocycles. The predicted octanol–water partition coefficient (Wildman–Crippen LogP) is 6.23. The van der Waals surface area contributed by atoms with E-state index in [2.05, 4.69) is 0 Å². The number of hydrogen-bond acceptors (Lipinski definition) is 5. The number of amides is 1. The molecule has 4 aromatic rings. The lowest BCUT2D eigenvalue weighted by Crippen LogP contribution is -2.29. The number of carbonyl (C=O) groups excluding carboxylic acids is 1. The Morgan fingerprint density at radius 1 is 1.06 bits per heavy atom. The van der Waals surface area contributed by atoms with Gasteiger partial charge in [-0.2, -0.15) is 0 Å². The number of carbonyl (C=O) groups is 1. The number of rotatable bonds is 5. The molecule has 1 aromatic heterocycles. The fourth-order valence-corrected chi connectivity index (χ4v) is 4.94. The molecular formula is C27H22ClNO4S. The Labute approximate surface area is 206 Å². The van der Waals surface area contributed by atoms with E-state index in [1.807, 2.05) is 61.7 Å². The van der Waals surface area contributed by atoms with Gasteiger partial charge in [-0.15, -0.1) is 11.8 Å². The SMILES string of the molecule is COc1ccc(CN2C(=O)c3oc4cc(C)c(Cl)cc4c(=O)c3C2c2ccc(SC)cc2)cc1. The Hall–Kier alpha value is -3.22. The first-order valence-corrected chi connectivity index (χ1v) is 12.4. The normalized spacial score (nSPS) is 15.1. The molecule has 2 heterocycles. The highest BCUT2D eigenvalue weighted by Crippen LogP contribution is 2.40. The average Bonchev–Trinajstić information content (AvgIpc) is 3.12. The van der Waals surface area contributed by atoms with Crippen LogP contribution >= 0.6 is 23.4 Å². The molecular weight excluding hydrogens is 470 g/mol. The topological polar surface area (TPSA) is 59.8 Å². The molecule has 5 nitrogen and oxygen atoms in total. The van der Waals surface area contributed by atoms with Crippen LogP contribution in [-0.4, -0.2) is 24.2 Å². The summed E-state index contributed by atoms with van der Waals surface area (Å²) >= 11 is 7.95. The van der Waals surface area contributed by atoms with E-state index in [9.17, 15) is 9.59 Å². The predicted molar refractivity (Wildman–Crippen MR) is 135 cm³/mol. The molecule has 3 aromatic carbocycles. The van der Waals surface area contributed by atoms with Crippen LogP contribution in [0, 0.1) is 6.92 Å². The highest BCUT2D eigenvalue weighted by Gasteiger charge is 2.42. The van der Waals surface area contributed by atoms with Crippen molar-refractivity contribution in [3.63, 3.8) is 0 Å². The molecule has 0 spiro atoms. The highest BCUT2D eigenvalue weighted by molar-refractivity contribution is 7.98. The standard InChI is InChI=1S/C27H22ClNO4S/c1-15-12-22-20(13-21(15)28)25(30)23-24(17-6-10-19(34-3)11-7-17)29(27(31)26(23)33-22)14-16-4-8-18(32-2)9-5-16/h4-13,24H,14H2,1-3H3. The van der Waals surface area contributed by atoms with Gasteiger partial charge in [0.1, 0.15) is 11.3 Å². The van der Waals surface area contributed by atoms with Crippen LogP contribution in [0.2, 0.25) is 5.02 Å². The van der Waals surface area contributed by atoms with E-state index in [0.29, 0.717) is 28.1 Å². The van der Waals surface area contributed by atoms with Crippen molar-refractivity contribution in [2.45, 2.75) is 24.4 Å². The number of thioether (sulfide) groups is 1. The molecule has 7 heteroatoms. The zero-order valence-electron chi connectivity index (χ0n) is 18.9. The van der Waals surface area contributed by atoms with Crippen molar-refractivity contribution >= 4 is 40.2 Å². The number of fused-ring (bicyclic) bond motifs is 2. The first-order valence-electron chi connectivity index (χ1n) is 10.8. The summed E-state index contributed by atoms with van der Waals surface area (Å²) in [4.78, 5) is 30.1. The van der Waals surface area contributed by atoms with Crippen LogP contribution in [0.4, 0.5) is 0 Å². The summed E-state index contributed by atoms with van der Waals surface area (Å²) in [6, 6.07) is 18.2. The van der Waals surface area contributed by atoms with Gasteiger partial charge in [-0.25, -0.2) is 0 Å². The third-order valence-corrected chi connectivity index (χ3v) is 7.34. The van der Waals surface area contributed by atoms with Crippen molar-refractivity contribution in [1.82, 2.24) is 4.90 Å². The molecule has 0 saturated heterocycles. The fraction of sp³-hybridized carbons (Fsp3) is 0.185. The largest absolute Gasteiger partial charge is 0.497 e. The van der Waals surface area contributed by atoms with E-state index in [-0.39, 0.29) is 17.1 Å². The van der Waals surface area contributed by atoms with Crippen LogP contribution in [0.3, 0.4) is 0 Å². The van der Waals surface area contributed by atoms with Gasteiger partial charge in [0.2, 0.25) is 5.76 Å². The van der Waals surface area contributed by atoms with Gasteiger partial charge < -0.3 is 14.1 Å². The van der Waals surface area contributed by atoms with Gasteiger partial charge in [-0.05, 0) is 66.3 Å². The number of halogens is 1. The lowest BCUT2D eigenvalue weighted by atomic mass is 9.98. The van der Waals surface area contributed by atoms with Gasteiger partial charge in [-0.3, -0.25) is 9.59 Å². The van der Waals surface area contributed by atoms with E-state index >= 15 is 0 Å². The minimum absolute atomic E-state index is 0.0895. The van der Waals surface area contributed by atoms with Crippen LogP contribution in [0.5, 0.6) is 5.75 Å². The van der Waals surface area contributed by atoms with Gasteiger partial charge in [0.15, 0.2) is 5.43 Å². The number of ether oxygens (including phenoxy) is 1. The maximum absolute atomic E-state index is 13.7. The number of nitrogens with zero attached hydrogens (tertiary/aromatic N) is 1. The molecule has 1 unspecified atom stereocenters. The van der Waals surface area contributed by atoms with Gasteiger partial charge >= 0.3 is 0 Å². The van der Waals surface area contributed by atoms with Crippen molar-refractivity contribution in [2.24, 2.45) is 0 Å². The number of methoxy groups -OCH3 is 1. The first kappa shape index (κ1) is 22.6. The maximum atomic E-state index is 13.7. The second-order valence-electron chi connectivity index (χ2n) is 8.23. The molecule has 0 radical (unpaired) electrons. The summed E-state index contributed by atoms with van der Waals surface area (Å²) in [7, 11) is 1.61. The van der Waals surface area contributed by atoms with Gasteiger partial charge in [0.25, 0.3) is 5.91 Å². The van der Waals surface area contributed by atoms with E-state index < -0.39 is 6.04 Å². The Balaban J connectivity index is 1.69. The van der Waals surface area contributed by atoms with Gasteiger partial charge in [-0.1, -0.05) is 35.9 Å². The summed E-state index contributed by atoms with van der Waals surface area (Å²) in [6.45, 7) is 2.15. The second kappa shape index (κ2) is 8.85. The number of benzene rings is 3. The summed E-state index contributed by atoms with van der Waals surface area (Å²) in [5, 5.41) is 0.860. The lowest BCUT2D eigenvalue weighted by Gasteiger charge is -2.25. The van der Waals surface area contributed by atoms with E-state index in [4.69, 9.17) is 20.8 Å². The molecule has 0 saturated carbocycles. The second-order valence-corrected chi connectivity index (χ2v) is 9.52. The Morgan fingerprint density at radius 3 is 2.41 bits per heavy atom. The number of aryl methyl sites for hydroxylation is 1. The molecule has 1 atom stereocenters. The van der Waals surface area contributed by atoms with Crippen molar-refractivity contribution in [2.75, 3.05) is 13.4 Å². The lowest BCUT2D eigenvalue weighted by molar-refractivity contribution is 0.0714. The van der Waals surface area contributed by atoms with Gasteiger partial charge in [0, 0.05) is 16.5 Å². The van der Waals surface area contributed by atoms with E-state index in [1.54, 1.807) is 35.9 Å². The third-order valence-electron chi connectivity index (χ3n) is 6.19. The van der Waals surface area contributed by atoms with Crippen molar-refractivity contribution in [3.05, 3.63) is 104 Å². The van der Waals surface area contributed by atoms with Crippen LogP contribution in [0.25, 0.3) is 11.0 Å². The van der Waals surface area contributed by atoms with Gasteiger partial charge in [0.05, 0.1) is 24.1 Å². The zero-order chi connectivity index (χ0) is 24.0. The highest BCUT2D eigenvalue weighted by atomic mass is 35.5. The molecule has 172 valence electrons. The monoisotopic (exact) mass is 491 g/mol. The van der Waals surface area contributed by atoms with Crippen LogP contribution in [0.15, 0.2) is 74.8 Å². The average molecular weight is 492 g/mol.